The van der Waals surface area contributed by atoms with Crippen molar-refractivity contribution < 1.29 is 9.53 Å². The number of hydrogen-bond acceptors (Lipinski definition) is 5. The molecule has 0 bridgehead atoms. The van der Waals surface area contributed by atoms with Gasteiger partial charge in [-0.1, -0.05) is 18.2 Å². The molecule has 1 amide bonds. The van der Waals surface area contributed by atoms with E-state index in [1.54, 1.807) is 13.2 Å². The zero-order valence-electron chi connectivity index (χ0n) is 14.3. The summed E-state index contributed by atoms with van der Waals surface area (Å²) in [5, 5.41) is 11.8. The summed E-state index contributed by atoms with van der Waals surface area (Å²) in [7, 11) is 1.60. The summed E-state index contributed by atoms with van der Waals surface area (Å²) in [6, 6.07) is 9.64. The molecule has 1 N–H and O–H groups in total. The van der Waals surface area contributed by atoms with Gasteiger partial charge in [0.2, 0.25) is 5.91 Å². The molecule has 0 aromatic heterocycles. The van der Waals surface area contributed by atoms with Crippen LogP contribution in [0.2, 0.25) is 0 Å². The van der Waals surface area contributed by atoms with Crippen molar-refractivity contribution in [2.24, 2.45) is 0 Å². The van der Waals surface area contributed by atoms with Crippen molar-refractivity contribution in [2.45, 2.75) is 6.42 Å². The molecule has 0 atom stereocenters. The number of amides is 1. The topological polar surface area (TPSA) is 68.6 Å². The number of thiocarbonyl (C=S) groups is 1. The molecule has 0 spiro atoms. The number of para-hydroxylation sites is 1. The van der Waals surface area contributed by atoms with E-state index in [2.05, 4.69) is 16.3 Å². The van der Waals surface area contributed by atoms with Gasteiger partial charge in [-0.05, 0) is 24.4 Å². The highest BCUT2D eigenvalue weighted by Gasteiger charge is 2.19. The average molecular weight is 358 g/mol. The Hall–Kier alpha value is -2.43. The summed E-state index contributed by atoms with van der Waals surface area (Å²) < 4.78 is 5.25. The van der Waals surface area contributed by atoms with Gasteiger partial charge in [0, 0.05) is 50.8 Å². The Morgan fingerprint density at radius 3 is 2.76 bits per heavy atom. The number of ether oxygens (including phenoxy) is 1. The van der Waals surface area contributed by atoms with Gasteiger partial charge in [-0.2, -0.15) is 5.26 Å². The molecule has 0 radical (unpaired) electrons. The van der Waals surface area contributed by atoms with E-state index in [0.717, 1.165) is 38.3 Å². The molecular weight excluding hydrogens is 336 g/mol. The van der Waals surface area contributed by atoms with Crippen molar-refractivity contribution in [3.63, 3.8) is 0 Å². The van der Waals surface area contributed by atoms with Gasteiger partial charge in [0.15, 0.2) is 5.11 Å². The van der Waals surface area contributed by atoms with Crippen LogP contribution in [-0.4, -0.2) is 60.7 Å². The van der Waals surface area contributed by atoms with Crippen LogP contribution in [0.3, 0.4) is 0 Å². The summed E-state index contributed by atoms with van der Waals surface area (Å²) in [6.07, 6.45) is 3.69. The van der Waals surface area contributed by atoms with E-state index in [1.165, 1.54) is 6.08 Å². The first-order valence-corrected chi connectivity index (χ1v) is 8.55. The molecule has 2 rings (SSSR count). The maximum absolute atomic E-state index is 12.1. The number of piperazine rings is 1. The Morgan fingerprint density at radius 2 is 2.08 bits per heavy atom. The molecule has 6 nitrogen and oxygen atoms in total. The SMILES string of the molecule is COc1ccccc1/C=C/C(=O)NC(=S)N1CCN(CCC#N)CC1. The Balaban J connectivity index is 1.82. The molecule has 1 aromatic carbocycles. The predicted molar refractivity (Wildman–Crippen MR) is 101 cm³/mol. The van der Waals surface area contributed by atoms with Gasteiger partial charge in [0.05, 0.1) is 13.2 Å². The van der Waals surface area contributed by atoms with Crippen molar-refractivity contribution >= 4 is 29.3 Å². The van der Waals surface area contributed by atoms with E-state index in [9.17, 15) is 4.79 Å². The largest absolute Gasteiger partial charge is 0.496 e. The van der Waals surface area contributed by atoms with E-state index in [-0.39, 0.29) is 5.91 Å². The summed E-state index contributed by atoms with van der Waals surface area (Å²) >= 11 is 5.32. The van der Waals surface area contributed by atoms with Crippen LogP contribution in [0.5, 0.6) is 5.75 Å². The molecule has 1 aliphatic heterocycles. The minimum atomic E-state index is -0.261. The van der Waals surface area contributed by atoms with E-state index in [4.69, 9.17) is 22.2 Å². The van der Waals surface area contributed by atoms with Crippen LogP contribution in [-0.2, 0) is 4.79 Å². The standard InChI is InChI=1S/C18H22N4O2S/c1-24-16-6-3-2-5-15(16)7-8-17(23)20-18(25)22-13-11-21(12-14-22)10-4-9-19/h2-3,5-8H,4,10-14H2,1H3,(H,20,23,25)/b8-7+. The van der Waals surface area contributed by atoms with Crippen molar-refractivity contribution in [1.29, 1.82) is 5.26 Å². The van der Waals surface area contributed by atoms with Gasteiger partial charge in [-0.3, -0.25) is 15.0 Å². The Bertz CT molecular complexity index is 676. The second-order valence-corrected chi connectivity index (χ2v) is 5.99. The lowest BCUT2D eigenvalue weighted by Gasteiger charge is -2.35. The molecule has 1 saturated heterocycles. The number of methoxy groups -OCH3 is 1. The number of hydrogen-bond donors (Lipinski definition) is 1. The first kappa shape index (κ1) is 18.9. The molecule has 0 saturated carbocycles. The van der Waals surface area contributed by atoms with Crippen LogP contribution in [0.4, 0.5) is 0 Å². The van der Waals surface area contributed by atoms with Crippen LogP contribution in [0.15, 0.2) is 30.3 Å². The lowest BCUT2D eigenvalue weighted by atomic mass is 10.2. The number of nitrogens with one attached hydrogen (secondary N) is 1. The zero-order valence-corrected chi connectivity index (χ0v) is 15.1. The number of carbonyl (C=O) groups is 1. The van der Waals surface area contributed by atoms with Gasteiger partial charge >= 0.3 is 0 Å². The first-order valence-electron chi connectivity index (χ1n) is 8.14. The molecule has 0 aliphatic carbocycles. The van der Waals surface area contributed by atoms with Crippen LogP contribution in [0.25, 0.3) is 6.08 Å². The number of rotatable bonds is 5. The Morgan fingerprint density at radius 1 is 1.36 bits per heavy atom. The summed E-state index contributed by atoms with van der Waals surface area (Å²) in [4.78, 5) is 16.3. The van der Waals surface area contributed by atoms with E-state index < -0.39 is 0 Å². The molecule has 1 fully saturated rings. The van der Waals surface area contributed by atoms with Crippen LogP contribution >= 0.6 is 12.2 Å². The maximum Gasteiger partial charge on any atom is 0.250 e. The monoisotopic (exact) mass is 358 g/mol. The third-order valence-corrected chi connectivity index (χ3v) is 4.34. The fourth-order valence-corrected chi connectivity index (χ4v) is 2.86. The summed E-state index contributed by atoms with van der Waals surface area (Å²) in [5.74, 6) is 0.449. The van der Waals surface area contributed by atoms with Crippen molar-refractivity contribution in [3.8, 4) is 11.8 Å². The molecular formula is C18H22N4O2S. The highest BCUT2D eigenvalue weighted by Crippen LogP contribution is 2.18. The van der Waals surface area contributed by atoms with Gasteiger partial charge in [-0.25, -0.2) is 0 Å². The predicted octanol–water partition coefficient (Wildman–Crippen LogP) is 1.64. The van der Waals surface area contributed by atoms with Gasteiger partial charge in [-0.15, -0.1) is 0 Å². The highest BCUT2D eigenvalue weighted by molar-refractivity contribution is 7.80. The average Bonchev–Trinajstić information content (AvgIpc) is 2.65. The van der Waals surface area contributed by atoms with Crippen molar-refractivity contribution in [1.82, 2.24) is 15.1 Å². The fraction of sp³-hybridized carbons (Fsp3) is 0.389. The summed E-state index contributed by atoms with van der Waals surface area (Å²) in [5.41, 5.74) is 0.831. The van der Waals surface area contributed by atoms with Crippen LogP contribution in [0.1, 0.15) is 12.0 Å². The van der Waals surface area contributed by atoms with Gasteiger partial charge in [0.25, 0.3) is 0 Å². The fourth-order valence-electron chi connectivity index (χ4n) is 2.58. The second kappa shape index (κ2) is 9.77. The zero-order chi connectivity index (χ0) is 18.1. The molecule has 1 heterocycles. The minimum Gasteiger partial charge on any atom is -0.496 e. The Kier molecular flexibility index (Phi) is 7.38. The molecule has 0 unspecified atom stereocenters. The molecule has 1 aliphatic rings. The van der Waals surface area contributed by atoms with E-state index in [0.29, 0.717) is 17.3 Å². The van der Waals surface area contributed by atoms with Gasteiger partial charge < -0.3 is 9.64 Å². The number of nitriles is 1. The quantitative estimate of drug-likeness (QED) is 0.637. The molecule has 1 aromatic rings. The molecule has 7 heteroatoms. The maximum atomic E-state index is 12.1. The first-order chi connectivity index (χ1) is 12.1. The number of carbonyl (C=O) groups excluding carboxylic acids is 1. The third kappa shape index (κ3) is 5.85. The van der Waals surface area contributed by atoms with Crippen LogP contribution < -0.4 is 10.1 Å². The van der Waals surface area contributed by atoms with Crippen LogP contribution in [0, 0.1) is 11.3 Å². The van der Waals surface area contributed by atoms with Crippen molar-refractivity contribution in [3.05, 3.63) is 35.9 Å². The highest BCUT2D eigenvalue weighted by atomic mass is 32.1. The second-order valence-electron chi connectivity index (χ2n) is 5.61. The minimum absolute atomic E-state index is 0.261. The number of nitrogens with zero attached hydrogens (tertiary/aromatic N) is 3. The normalized spacial score (nSPS) is 15.0. The Labute approximate surface area is 153 Å². The smallest absolute Gasteiger partial charge is 0.250 e. The third-order valence-electron chi connectivity index (χ3n) is 3.98. The lowest BCUT2D eigenvalue weighted by Crippen LogP contribution is -2.52. The number of benzene rings is 1. The van der Waals surface area contributed by atoms with E-state index in [1.807, 2.05) is 29.2 Å². The van der Waals surface area contributed by atoms with E-state index >= 15 is 0 Å². The summed E-state index contributed by atoms with van der Waals surface area (Å²) in [6.45, 7) is 3.97. The van der Waals surface area contributed by atoms with Crippen molar-refractivity contribution in [2.75, 3.05) is 39.8 Å². The van der Waals surface area contributed by atoms with Gasteiger partial charge in [0.1, 0.15) is 5.75 Å². The lowest BCUT2D eigenvalue weighted by molar-refractivity contribution is -0.115. The molecule has 132 valence electrons. The molecule has 25 heavy (non-hydrogen) atoms.